The number of ether oxygens (including phenoxy) is 1. The fraction of sp³-hybridized carbons (Fsp3) is 0.286. The monoisotopic (exact) mass is 524 g/mol. The molecular weight excluding hydrogens is 501 g/mol. The zero-order valence-electron chi connectivity index (χ0n) is 18.8. The lowest BCUT2D eigenvalue weighted by atomic mass is 10.1. The maximum absolute atomic E-state index is 12.7. The minimum atomic E-state index is -1.16. The summed E-state index contributed by atoms with van der Waals surface area (Å²) in [5.41, 5.74) is 7.20. The number of pyridine rings is 1. The van der Waals surface area contributed by atoms with Crippen molar-refractivity contribution in [2.45, 2.75) is 19.3 Å². The second-order valence-electron chi connectivity index (χ2n) is 7.41. The van der Waals surface area contributed by atoms with Crippen molar-refractivity contribution in [3.63, 3.8) is 0 Å². The van der Waals surface area contributed by atoms with E-state index in [1.54, 1.807) is 24.3 Å². The molecule has 3 atom stereocenters. The van der Waals surface area contributed by atoms with Crippen molar-refractivity contribution in [1.29, 1.82) is 0 Å². The average Bonchev–Trinajstić information content (AvgIpc) is 2.82. The van der Waals surface area contributed by atoms with Gasteiger partial charge in [-0.05, 0) is 12.1 Å². The van der Waals surface area contributed by atoms with E-state index in [9.17, 15) is 19.8 Å². The zero-order chi connectivity index (χ0) is 25.8. The summed E-state index contributed by atoms with van der Waals surface area (Å²) in [7, 11) is 1.36. The molecule has 0 bridgehead atoms. The van der Waals surface area contributed by atoms with Gasteiger partial charge in [-0.3, -0.25) is 9.78 Å². The van der Waals surface area contributed by atoms with Gasteiger partial charge < -0.3 is 26.0 Å². The summed E-state index contributed by atoms with van der Waals surface area (Å²) in [5, 5.41) is 25.1. The second kappa shape index (κ2) is 11.0. The lowest BCUT2D eigenvalue weighted by Gasteiger charge is -2.44. The Bertz CT molecular complexity index is 1150. The predicted molar refractivity (Wildman–Crippen MR) is 132 cm³/mol. The molecule has 186 valence electrons. The number of carbonyl (C=O) groups excluding carboxylic acids is 1. The molecule has 0 saturated heterocycles. The molecule has 35 heavy (non-hydrogen) atoms. The van der Waals surface area contributed by atoms with Crippen LogP contribution in [0.3, 0.4) is 0 Å². The van der Waals surface area contributed by atoms with Crippen LogP contribution in [0.25, 0.3) is 0 Å². The van der Waals surface area contributed by atoms with Gasteiger partial charge >= 0.3 is 18.0 Å². The first-order valence-corrected chi connectivity index (χ1v) is 11.0. The minimum absolute atomic E-state index is 0.0423. The maximum atomic E-state index is 12.7. The Morgan fingerprint density at radius 2 is 1.86 bits per heavy atom. The summed E-state index contributed by atoms with van der Waals surface area (Å²) >= 11 is 12.1. The third-order valence-electron chi connectivity index (χ3n) is 5.43. The molecule has 12 nitrogen and oxygen atoms in total. The van der Waals surface area contributed by atoms with Crippen LogP contribution in [-0.2, 0) is 9.53 Å². The minimum Gasteiger partial charge on any atom is -0.477 e. The summed E-state index contributed by atoms with van der Waals surface area (Å²) in [6.45, 7) is 1.35. The first kappa shape index (κ1) is 26.3. The number of carbonyl (C=O) groups is 2. The third-order valence-corrected chi connectivity index (χ3v) is 6.00. The molecule has 1 amide bonds. The van der Waals surface area contributed by atoms with Crippen molar-refractivity contribution in [3.05, 3.63) is 52.3 Å². The fourth-order valence-electron chi connectivity index (χ4n) is 3.71. The molecule has 6 N–H and O–H groups in total. The highest BCUT2D eigenvalue weighted by molar-refractivity contribution is 6.40. The number of amidine groups is 1. The standard InChI is InChI=1S/C21H23Cl2N7O5/c1-11(18(33)34)30(19(24)28-21(35-2)29-20(30)26-7-8-31)13-5-3-12(4-6-13)27-17(32)16-14(22)9-25-10-15(16)23/h3-6,9-11,20,26,31H,7-8H2,1-2H3,(H3-,24,27,28,29,32,33,34)/p+1. The third kappa shape index (κ3) is 5.06. The molecule has 0 aliphatic carbocycles. The van der Waals surface area contributed by atoms with E-state index in [4.69, 9.17) is 33.7 Å². The van der Waals surface area contributed by atoms with Crippen LogP contribution >= 0.6 is 23.2 Å². The molecule has 0 radical (unpaired) electrons. The Kier molecular flexibility index (Phi) is 8.25. The van der Waals surface area contributed by atoms with E-state index < -0.39 is 28.7 Å². The first-order chi connectivity index (χ1) is 16.7. The van der Waals surface area contributed by atoms with Gasteiger partial charge in [-0.1, -0.05) is 23.2 Å². The zero-order valence-corrected chi connectivity index (χ0v) is 20.3. The number of rotatable bonds is 8. The molecule has 2 heterocycles. The topological polar surface area (TPSA) is 172 Å². The summed E-state index contributed by atoms with van der Waals surface area (Å²) in [6.07, 6.45) is 1.63. The van der Waals surface area contributed by atoms with Crippen LogP contribution in [0, 0.1) is 0 Å². The molecule has 1 aliphatic heterocycles. The van der Waals surface area contributed by atoms with Gasteiger partial charge in [0.15, 0.2) is 6.04 Å². The quantitative estimate of drug-likeness (QED) is 0.324. The van der Waals surface area contributed by atoms with Crippen LogP contribution in [-0.4, -0.2) is 71.6 Å². The summed E-state index contributed by atoms with van der Waals surface area (Å²) in [5.74, 6) is -1.79. The lowest BCUT2D eigenvalue weighted by molar-refractivity contribution is -0.141. The van der Waals surface area contributed by atoms with E-state index in [1.165, 1.54) is 26.4 Å². The second-order valence-corrected chi connectivity index (χ2v) is 8.22. The number of nitrogens with zero attached hydrogens (tertiary/aromatic N) is 4. The van der Waals surface area contributed by atoms with E-state index in [0.717, 1.165) is 0 Å². The predicted octanol–water partition coefficient (Wildman–Crippen LogP) is 1.62. The van der Waals surface area contributed by atoms with Crippen molar-refractivity contribution in [2.75, 3.05) is 25.6 Å². The summed E-state index contributed by atoms with van der Waals surface area (Å²) in [6, 6.07) is 5.13. The molecule has 1 aromatic heterocycles. The molecule has 1 aliphatic rings. The van der Waals surface area contributed by atoms with Crippen LogP contribution in [0.1, 0.15) is 17.3 Å². The highest BCUT2D eigenvalue weighted by atomic mass is 35.5. The van der Waals surface area contributed by atoms with Gasteiger partial charge in [0.1, 0.15) is 5.69 Å². The van der Waals surface area contributed by atoms with Crippen LogP contribution in [0.5, 0.6) is 0 Å². The van der Waals surface area contributed by atoms with E-state index in [1.807, 2.05) is 0 Å². The molecule has 2 aromatic rings. The normalized spacial score (nSPS) is 20.4. The van der Waals surface area contributed by atoms with Crippen molar-refractivity contribution in [1.82, 2.24) is 14.8 Å². The molecule has 0 fully saturated rings. The number of aliphatic hydroxyl groups is 1. The van der Waals surface area contributed by atoms with Gasteiger partial charge in [0.05, 0.1) is 29.3 Å². The highest BCUT2D eigenvalue weighted by Crippen LogP contribution is 2.34. The molecule has 0 spiro atoms. The average molecular weight is 525 g/mol. The van der Waals surface area contributed by atoms with Crippen molar-refractivity contribution < 1.29 is 24.5 Å². The number of nitrogens with one attached hydrogen (secondary N) is 2. The lowest BCUT2D eigenvalue weighted by Crippen LogP contribution is -2.74. The number of hydrogen-bond acceptors (Lipinski definition) is 9. The first-order valence-electron chi connectivity index (χ1n) is 10.3. The number of aliphatic carboxylic acids is 1. The SMILES string of the molecule is COC1=NC(NCCO)[N+](c2ccc(NC(=O)c3c(Cl)cncc3Cl)cc2)(C(C)C(=O)O)C(N)=N1. The van der Waals surface area contributed by atoms with Crippen molar-refractivity contribution in [3.8, 4) is 0 Å². The summed E-state index contributed by atoms with van der Waals surface area (Å²) < 4.78 is 4.59. The van der Waals surface area contributed by atoms with E-state index in [-0.39, 0.29) is 40.7 Å². The Balaban J connectivity index is 2.03. The van der Waals surface area contributed by atoms with Gasteiger partial charge in [-0.2, -0.15) is 9.48 Å². The van der Waals surface area contributed by atoms with Gasteiger partial charge in [0, 0.05) is 43.7 Å². The maximum Gasteiger partial charge on any atom is 0.363 e. The largest absolute Gasteiger partial charge is 0.477 e. The highest BCUT2D eigenvalue weighted by Gasteiger charge is 2.54. The van der Waals surface area contributed by atoms with Gasteiger partial charge in [-0.25, -0.2) is 10.1 Å². The van der Waals surface area contributed by atoms with Crippen LogP contribution < -0.4 is 20.9 Å². The number of carboxylic acids is 1. The number of guanidine groups is 1. The Labute approximate surface area is 210 Å². The van der Waals surface area contributed by atoms with Crippen molar-refractivity contribution in [2.24, 2.45) is 15.7 Å². The molecule has 3 rings (SSSR count). The number of aliphatic hydroxyl groups excluding tert-OH is 1. The summed E-state index contributed by atoms with van der Waals surface area (Å²) in [4.78, 5) is 37.2. The molecule has 14 heteroatoms. The number of nitrogens with two attached hydrogens (primary N) is 1. The number of quaternary nitrogens is 1. The number of halogens is 2. The van der Waals surface area contributed by atoms with Gasteiger partial charge in [0.25, 0.3) is 12.2 Å². The van der Waals surface area contributed by atoms with Crippen molar-refractivity contribution >= 4 is 58.4 Å². The van der Waals surface area contributed by atoms with Gasteiger partial charge in [-0.15, -0.1) is 4.99 Å². The molecule has 0 saturated carbocycles. The smallest absolute Gasteiger partial charge is 0.363 e. The Morgan fingerprint density at radius 3 is 2.40 bits per heavy atom. The number of carboxylic acid groups (broad SMARTS) is 1. The van der Waals surface area contributed by atoms with Crippen LogP contribution in [0.15, 0.2) is 46.6 Å². The number of anilines is 1. The number of hydrogen-bond donors (Lipinski definition) is 5. The number of aromatic nitrogens is 1. The van der Waals surface area contributed by atoms with E-state index >= 15 is 0 Å². The number of amides is 1. The Hall–Kier alpha value is -3.29. The molecule has 1 aromatic carbocycles. The molecule has 3 unspecified atom stereocenters. The van der Waals surface area contributed by atoms with E-state index in [2.05, 4.69) is 25.6 Å². The number of methoxy groups -OCH3 is 1. The van der Waals surface area contributed by atoms with Crippen LogP contribution in [0.2, 0.25) is 10.0 Å². The molecular formula is C21H24Cl2N7O5+. The van der Waals surface area contributed by atoms with Gasteiger partial charge in [0.2, 0.25) is 0 Å². The number of aliphatic imine (C=N–C) groups is 2. The Morgan fingerprint density at radius 1 is 1.23 bits per heavy atom. The number of benzene rings is 1. The van der Waals surface area contributed by atoms with E-state index in [0.29, 0.717) is 11.4 Å². The fourth-order valence-corrected chi connectivity index (χ4v) is 4.24. The van der Waals surface area contributed by atoms with Crippen LogP contribution in [0.4, 0.5) is 11.4 Å².